The van der Waals surface area contributed by atoms with Crippen molar-refractivity contribution in [3.05, 3.63) is 59.4 Å². The summed E-state index contributed by atoms with van der Waals surface area (Å²) in [7, 11) is 0. The maximum absolute atomic E-state index is 12.0. The van der Waals surface area contributed by atoms with E-state index in [1.807, 2.05) is 0 Å². The van der Waals surface area contributed by atoms with Crippen molar-refractivity contribution >= 4 is 40.2 Å². The molecule has 7 heteroatoms. The lowest BCUT2D eigenvalue weighted by Gasteiger charge is -2.07. The number of halogens is 1. The summed E-state index contributed by atoms with van der Waals surface area (Å²) in [6, 6.07) is 11.6. The van der Waals surface area contributed by atoms with Crippen molar-refractivity contribution in [3.63, 3.8) is 0 Å². The Morgan fingerprint density at radius 3 is 2.74 bits per heavy atom. The minimum absolute atomic E-state index is 0.348. The van der Waals surface area contributed by atoms with Crippen molar-refractivity contribution in [2.75, 3.05) is 11.9 Å². The van der Waals surface area contributed by atoms with Gasteiger partial charge in [-0.15, -0.1) is 0 Å². The zero-order chi connectivity index (χ0) is 16.2. The molecule has 0 aliphatic rings. The van der Waals surface area contributed by atoms with Gasteiger partial charge in [0.25, 0.3) is 5.91 Å². The molecule has 1 amide bonds. The van der Waals surface area contributed by atoms with Crippen LogP contribution in [0.4, 0.5) is 5.69 Å². The Kier molecular flexibility index (Phi) is 4.25. The van der Waals surface area contributed by atoms with Crippen LogP contribution in [-0.4, -0.2) is 28.5 Å². The maximum atomic E-state index is 12.0. The fourth-order valence-electron chi connectivity index (χ4n) is 2.01. The summed E-state index contributed by atoms with van der Waals surface area (Å²) in [4.78, 5) is 30.7. The Labute approximate surface area is 136 Å². The topological polar surface area (TPSA) is 84.1 Å². The van der Waals surface area contributed by atoms with Gasteiger partial charge in [-0.1, -0.05) is 11.6 Å². The van der Waals surface area contributed by atoms with Gasteiger partial charge in [0, 0.05) is 10.7 Å². The third-order valence-corrected chi connectivity index (χ3v) is 3.37. The Hall–Kier alpha value is -2.86. The zero-order valence-electron chi connectivity index (χ0n) is 11.9. The lowest BCUT2D eigenvalue weighted by molar-refractivity contribution is -0.119. The van der Waals surface area contributed by atoms with Crippen LogP contribution in [0.5, 0.6) is 0 Å². The fourth-order valence-corrected chi connectivity index (χ4v) is 2.13. The van der Waals surface area contributed by atoms with E-state index in [9.17, 15) is 9.59 Å². The molecule has 0 fully saturated rings. The Morgan fingerprint density at radius 1 is 1.17 bits per heavy atom. The lowest BCUT2D eigenvalue weighted by atomic mass is 10.2. The number of ether oxygens (including phenoxy) is 1. The molecule has 0 aliphatic carbocycles. The number of fused-ring (bicyclic) bond motifs is 1. The van der Waals surface area contributed by atoms with Gasteiger partial charge >= 0.3 is 5.97 Å². The predicted molar refractivity (Wildman–Crippen MR) is 86.5 cm³/mol. The van der Waals surface area contributed by atoms with Crippen LogP contribution in [0.25, 0.3) is 11.0 Å². The molecular formula is C16H12ClN3O3. The maximum Gasteiger partial charge on any atom is 0.338 e. The number of anilines is 1. The molecule has 3 aromatic rings. The largest absolute Gasteiger partial charge is 0.452 e. The molecule has 0 aliphatic heterocycles. The van der Waals surface area contributed by atoms with Gasteiger partial charge in [-0.25, -0.2) is 9.78 Å². The van der Waals surface area contributed by atoms with Crippen molar-refractivity contribution in [2.24, 2.45) is 0 Å². The van der Waals surface area contributed by atoms with E-state index in [-0.39, 0.29) is 6.61 Å². The Morgan fingerprint density at radius 2 is 1.96 bits per heavy atom. The van der Waals surface area contributed by atoms with Crippen molar-refractivity contribution in [1.29, 1.82) is 0 Å². The summed E-state index contributed by atoms with van der Waals surface area (Å²) in [6.07, 6.45) is 1.54. The van der Waals surface area contributed by atoms with Gasteiger partial charge in [-0.05, 0) is 42.5 Å². The third kappa shape index (κ3) is 3.67. The quantitative estimate of drug-likeness (QED) is 0.721. The van der Waals surface area contributed by atoms with Crippen molar-refractivity contribution < 1.29 is 14.3 Å². The summed E-state index contributed by atoms with van der Waals surface area (Å²) in [5.41, 5.74) is 2.41. The second-order valence-electron chi connectivity index (χ2n) is 4.77. The van der Waals surface area contributed by atoms with Crippen LogP contribution in [0.3, 0.4) is 0 Å². The molecular weight excluding hydrogens is 318 g/mol. The molecule has 0 saturated heterocycles. The first-order valence-electron chi connectivity index (χ1n) is 6.77. The number of benzene rings is 2. The average Bonchev–Trinajstić information content (AvgIpc) is 3.02. The number of H-pyrrole nitrogens is 1. The molecule has 2 aromatic carbocycles. The molecule has 0 radical (unpaired) electrons. The highest BCUT2D eigenvalue weighted by molar-refractivity contribution is 6.30. The van der Waals surface area contributed by atoms with Gasteiger partial charge in [0.15, 0.2) is 6.61 Å². The van der Waals surface area contributed by atoms with E-state index < -0.39 is 11.9 Å². The average molecular weight is 330 g/mol. The number of aromatic amines is 1. The monoisotopic (exact) mass is 329 g/mol. The molecule has 0 unspecified atom stereocenters. The number of carbonyl (C=O) groups excluding carboxylic acids is 2. The van der Waals surface area contributed by atoms with Crippen molar-refractivity contribution in [1.82, 2.24) is 9.97 Å². The van der Waals surface area contributed by atoms with Crippen LogP contribution < -0.4 is 5.32 Å². The number of amides is 1. The normalized spacial score (nSPS) is 10.5. The van der Waals surface area contributed by atoms with Gasteiger partial charge in [0.2, 0.25) is 0 Å². The fraction of sp³-hybridized carbons (Fsp3) is 0.0625. The minimum Gasteiger partial charge on any atom is -0.452 e. The number of carbonyl (C=O) groups is 2. The first-order valence-corrected chi connectivity index (χ1v) is 7.15. The van der Waals surface area contributed by atoms with Crippen LogP contribution in [0.1, 0.15) is 10.4 Å². The van der Waals surface area contributed by atoms with Gasteiger partial charge < -0.3 is 15.0 Å². The molecule has 1 aromatic heterocycles. The highest BCUT2D eigenvalue weighted by atomic mass is 35.5. The first-order chi connectivity index (χ1) is 11.1. The SMILES string of the molecule is O=C(COC(=O)c1ccc2nc[nH]c2c1)Nc1ccc(Cl)cc1. The minimum atomic E-state index is -0.576. The van der Waals surface area contributed by atoms with E-state index in [2.05, 4.69) is 15.3 Å². The van der Waals surface area contributed by atoms with E-state index in [1.165, 1.54) is 0 Å². The highest BCUT2D eigenvalue weighted by Gasteiger charge is 2.11. The molecule has 2 N–H and O–H groups in total. The molecule has 0 spiro atoms. The summed E-state index contributed by atoms with van der Waals surface area (Å²) in [6.45, 7) is -0.373. The predicted octanol–water partition coefficient (Wildman–Crippen LogP) is 3.01. The second kappa shape index (κ2) is 6.50. The highest BCUT2D eigenvalue weighted by Crippen LogP contribution is 2.14. The number of imidazole rings is 1. The first kappa shape index (κ1) is 15.1. The standard InChI is InChI=1S/C16H12ClN3O3/c17-11-2-4-12(5-3-11)20-15(21)8-23-16(22)10-1-6-13-14(7-10)19-9-18-13/h1-7,9H,8H2,(H,18,19)(H,20,21). The number of nitrogens with zero attached hydrogens (tertiary/aromatic N) is 1. The Bertz CT molecular complexity index is 858. The van der Waals surface area contributed by atoms with Crippen LogP contribution in [0, 0.1) is 0 Å². The van der Waals surface area contributed by atoms with Gasteiger partial charge in [-0.3, -0.25) is 4.79 Å². The van der Waals surface area contributed by atoms with Crippen LogP contribution in [-0.2, 0) is 9.53 Å². The summed E-state index contributed by atoms with van der Waals surface area (Å²) in [5, 5.41) is 3.18. The molecule has 0 bridgehead atoms. The second-order valence-corrected chi connectivity index (χ2v) is 5.20. The zero-order valence-corrected chi connectivity index (χ0v) is 12.6. The molecule has 23 heavy (non-hydrogen) atoms. The van der Waals surface area contributed by atoms with Gasteiger partial charge in [0.05, 0.1) is 22.9 Å². The van der Waals surface area contributed by atoms with Gasteiger partial charge in [0.1, 0.15) is 0 Å². The molecule has 6 nitrogen and oxygen atoms in total. The molecule has 0 atom stereocenters. The third-order valence-electron chi connectivity index (χ3n) is 3.12. The number of rotatable bonds is 4. The number of hydrogen-bond acceptors (Lipinski definition) is 4. The lowest BCUT2D eigenvalue weighted by Crippen LogP contribution is -2.20. The van der Waals surface area contributed by atoms with Crippen LogP contribution in [0.15, 0.2) is 48.8 Å². The molecule has 3 rings (SSSR count). The number of esters is 1. The van der Waals surface area contributed by atoms with E-state index in [1.54, 1.807) is 48.8 Å². The molecule has 116 valence electrons. The smallest absolute Gasteiger partial charge is 0.338 e. The molecule has 1 heterocycles. The summed E-state index contributed by atoms with van der Waals surface area (Å²) in [5.74, 6) is -1.00. The number of aromatic nitrogens is 2. The van der Waals surface area contributed by atoms with Crippen LogP contribution >= 0.6 is 11.6 Å². The number of nitrogens with one attached hydrogen (secondary N) is 2. The summed E-state index contributed by atoms with van der Waals surface area (Å²) < 4.78 is 5.00. The van der Waals surface area contributed by atoms with E-state index in [0.717, 1.165) is 11.0 Å². The van der Waals surface area contributed by atoms with Crippen molar-refractivity contribution in [3.8, 4) is 0 Å². The van der Waals surface area contributed by atoms with Gasteiger partial charge in [-0.2, -0.15) is 0 Å². The van der Waals surface area contributed by atoms with Crippen LogP contribution in [0.2, 0.25) is 5.02 Å². The summed E-state index contributed by atoms with van der Waals surface area (Å²) >= 11 is 5.76. The molecule has 0 saturated carbocycles. The van der Waals surface area contributed by atoms with Crippen molar-refractivity contribution in [2.45, 2.75) is 0 Å². The van der Waals surface area contributed by atoms with E-state index in [0.29, 0.717) is 16.3 Å². The van der Waals surface area contributed by atoms with E-state index >= 15 is 0 Å². The Balaban J connectivity index is 1.57. The van der Waals surface area contributed by atoms with E-state index in [4.69, 9.17) is 16.3 Å². The number of hydrogen-bond donors (Lipinski definition) is 2.